The summed E-state index contributed by atoms with van der Waals surface area (Å²) in [6.45, 7) is 0. The van der Waals surface area contributed by atoms with Crippen LogP contribution >= 0.6 is 0 Å². The van der Waals surface area contributed by atoms with Crippen molar-refractivity contribution in [1.29, 1.82) is 0 Å². The van der Waals surface area contributed by atoms with Gasteiger partial charge >= 0.3 is 0 Å². The van der Waals surface area contributed by atoms with Gasteiger partial charge in [0.2, 0.25) is 0 Å². The lowest BCUT2D eigenvalue weighted by molar-refractivity contribution is 0.669. The molecule has 0 amide bonds. The van der Waals surface area contributed by atoms with E-state index in [0.717, 1.165) is 50.2 Å². The predicted octanol–water partition coefficient (Wildman–Crippen LogP) is 13.6. The van der Waals surface area contributed by atoms with Gasteiger partial charge in [0.25, 0.3) is 0 Å². The van der Waals surface area contributed by atoms with E-state index in [1.165, 1.54) is 48.6 Å². The van der Waals surface area contributed by atoms with Gasteiger partial charge < -0.3 is 13.9 Å². The number of benzene rings is 9. The second kappa shape index (κ2) is 10.8. The fourth-order valence-electron chi connectivity index (χ4n) is 8.32. The Hall–Kier alpha value is -6.84. The molecule has 0 aliphatic carbocycles. The Bertz CT molecular complexity index is 3150. The molecule has 0 radical (unpaired) electrons. The predicted molar refractivity (Wildman–Crippen MR) is 215 cm³/mol. The van der Waals surface area contributed by atoms with Crippen LogP contribution in [0.2, 0.25) is 0 Å². The molecule has 0 N–H and O–H groups in total. The summed E-state index contributed by atoms with van der Waals surface area (Å²) in [5.41, 5.74) is 8.45. The Balaban J connectivity index is 1.29. The molecule has 11 rings (SSSR count). The number of rotatable bonds is 4. The average molecular weight is 651 g/mol. The van der Waals surface area contributed by atoms with Crippen LogP contribution in [0, 0.1) is 0 Å². The lowest BCUT2D eigenvalue weighted by atomic mass is 9.96. The van der Waals surface area contributed by atoms with Crippen LogP contribution in [0.3, 0.4) is 0 Å². The molecule has 0 unspecified atom stereocenters. The number of nitrogens with zero attached hydrogens (tertiary/aromatic N) is 2. The third kappa shape index (κ3) is 4.12. The van der Waals surface area contributed by atoms with Crippen molar-refractivity contribution in [2.24, 2.45) is 0 Å². The summed E-state index contributed by atoms with van der Waals surface area (Å²) < 4.78 is 8.90. The quantitative estimate of drug-likeness (QED) is 0.177. The number of furan rings is 1. The van der Waals surface area contributed by atoms with E-state index >= 15 is 0 Å². The Kier molecular flexibility index (Phi) is 5.96. The second-order valence-corrected chi connectivity index (χ2v) is 13.3. The molecule has 11 aromatic rings. The highest BCUT2D eigenvalue weighted by Crippen LogP contribution is 2.48. The first-order valence-corrected chi connectivity index (χ1v) is 17.4. The van der Waals surface area contributed by atoms with E-state index in [0.29, 0.717) is 0 Å². The van der Waals surface area contributed by atoms with Gasteiger partial charge in [0, 0.05) is 27.5 Å². The molecule has 9 aromatic carbocycles. The highest BCUT2D eigenvalue weighted by atomic mass is 16.3. The van der Waals surface area contributed by atoms with Crippen molar-refractivity contribution in [2.45, 2.75) is 0 Å². The van der Waals surface area contributed by atoms with Crippen molar-refractivity contribution in [3.05, 3.63) is 182 Å². The van der Waals surface area contributed by atoms with Crippen LogP contribution in [-0.4, -0.2) is 4.57 Å². The topological polar surface area (TPSA) is 21.3 Å². The molecule has 2 aromatic heterocycles. The molecule has 3 heteroatoms. The van der Waals surface area contributed by atoms with E-state index in [9.17, 15) is 0 Å². The molecule has 51 heavy (non-hydrogen) atoms. The third-order valence-corrected chi connectivity index (χ3v) is 10.5. The first-order valence-electron chi connectivity index (χ1n) is 17.4. The lowest BCUT2D eigenvalue weighted by Crippen LogP contribution is -2.12. The standard InChI is InChI=1S/C48H30N2O/c1-2-13-33(14-3-1)50-42-19-8-6-16-38(42)39-18-10-21-44(48(39)50)49(43-20-11-23-46-47(43)40-17-7-9-22-45(40)51-46)34-27-24-32-26-28-36-35-15-5-4-12-31(35)25-29-37(36)41(32)30-34/h1-30H. The number of hydrogen-bond donors (Lipinski definition) is 0. The number of fused-ring (bicyclic) bond motifs is 11. The van der Waals surface area contributed by atoms with Crippen LogP contribution in [0.25, 0.3) is 81.7 Å². The van der Waals surface area contributed by atoms with E-state index in [-0.39, 0.29) is 0 Å². The molecular formula is C48H30N2O. The monoisotopic (exact) mass is 650 g/mol. The molecule has 0 atom stereocenters. The summed E-state index contributed by atoms with van der Waals surface area (Å²) in [4.78, 5) is 2.45. The van der Waals surface area contributed by atoms with E-state index in [1.807, 2.05) is 6.07 Å². The lowest BCUT2D eigenvalue weighted by Gasteiger charge is -2.28. The van der Waals surface area contributed by atoms with Crippen LogP contribution in [0.5, 0.6) is 0 Å². The van der Waals surface area contributed by atoms with Gasteiger partial charge in [-0.3, -0.25) is 0 Å². The summed E-state index contributed by atoms with van der Waals surface area (Å²) >= 11 is 0. The normalized spacial score (nSPS) is 11.9. The van der Waals surface area contributed by atoms with Crippen molar-refractivity contribution in [2.75, 3.05) is 4.90 Å². The van der Waals surface area contributed by atoms with Crippen LogP contribution in [0.15, 0.2) is 186 Å². The van der Waals surface area contributed by atoms with Crippen molar-refractivity contribution < 1.29 is 4.42 Å². The molecule has 238 valence electrons. The maximum absolute atomic E-state index is 6.48. The van der Waals surface area contributed by atoms with Gasteiger partial charge in [0.05, 0.1) is 27.8 Å². The molecule has 0 saturated heterocycles. The highest BCUT2D eigenvalue weighted by Gasteiger charge is 2.24. The maximum atomic E-state index is 6.48. The van der Waals surface area contributed by atoms with Crippen molar-refractivity contribution in [3.8, 4) is 5.69 Å². The molecule has 0 bridgehead atoms. The Morgan fingerprint density at radius 1 is 0.392 bits per heavy atom. The average Bonchev–Trinajstić information content (AvgIpc) is 3.75. The van der Waals surface area contributed by atoms with Gasteiger partial charge in [-0.15, -0.1) is 0 Å². The van der Waals surface area contributed by atoms with Crippen molar-refractivity contribution in [1.82, 2.24) is 4.57 Å². The Labute approximate surface area is 293 Å². The summed E-state index contributed by atoms with van der Waals surface area (Å²) in [5, 5.41) is 12.1. The zero-order valence-electron chi connectivity index (χ0n) is 27.6. The van der Waals surface area contributed by atoms with Gasteiger partial charge in [-0.25, -0.2) is 0 Å². The minimum absolute atomic E-state index is 0.868. The first kappa shape index (κ1) is 28.0. The second-order valence-electron chi connectivity index (χ2n) is 13.3. The summed E-state index contributed by atoms with van der Waals surface area (Å²) in [5.74, 6) is 0. The van der Waals surface area contributed by atoms with E-state index < -0.39 is 0 Å². The van der Waals surface area contributed by atoms with Gasteiger partial charge in [-0.1, -0.05) is 127 Å². The number of aromatic nitrogens is 1. The number of hydrogen-bond acceptors (Lipinski definition) is 2. The fraction of sp³-hybridized carbons (Fsp3) is 0. The smallest absolute Gasteiger partial charge is 0.137 e. The van der Waals surface area contributed by atoms with E-state index in [2.05, 4.69) is 185 Å². The number of para-hydroxylation sites is 4. The van der Waals surface area contributed by atoms with Gasteiger partial charge in [-0.05, 0) is 86.9 Å². The van der Waals surface area contributed by atoms with Gasteiger partial charge in [-0.2, -0.15) is 0 Å². The SMILES string of the molecule is c1ccc(-n2c3ccccc3c3cccc(N(c4ccc5ccc6c7ccccc7ccc6c5c4)c4cccc5oc6ccccc6c45)c32)cc1. The zero-order valence-corrected chi connectivity index (χ0v) is 27.6. The van der Waals surface area contributed by atoms with E-state index in [1.54, 1.807) is 0 Å². The third-order valence-electron chi connectivity index (χ3n) is 10.5. The van der Waals surface area contributed by atoms with Crippen LogP contribution < -0.4 is 4.90 Å². The van der Waals surface area contributed by atoms with Gasteiger partial charge in [0.1, 0.15) is 11.2 Å². The molecule has 3 nitrogen and oxygen atoms in total. The van der Waals surface area contributed by atoms with Gasteiger partial charge in [0.15, 0.2) is 0 Å². The fourth-order valence-corrected chi connectivity index (χ4v) is 8.32. The Morgan fingerprint density at radius 2 is 1.02 bits per heavy atom. The molecular weight excluding hydrogens is 621 g/mol. The maximum Gasteiger partial charge on any atom is 0.137 e. The zero-order chi connectivity index (χ0) is 33.5. The molecule has 0 aliphatic heterocycles. The summed E-state index contributed by atoms with van der Waals surface area (Å²) in [6.07, 6.45) is 0. The Morgan fingerprint density at radius 3 is 1.90 bits per heavy atom. The molecule has 0 aliphatic rings. The summed E-state index contributed by atoms with van der Waals surface area (Å²) in [7, 11) is 0. The molecule has 2 heterocycles. The molecule has 0 saturated carbocycles. The minimum Gasteiger partial charge on any atom is -0.456 e. The van der Waals surface area contributed by atoms with Crippen LogP contribution in [0.1, 0.15) is 0 Å². The summed E-state index contributed by atoms with van der Waals surface area (Å²) in [6, 6.07) is 65.6. The number of anilines is 3. The largest absolute Gasteiger partial charge is 0.456 e. The minimum atomic E-state index is 0.868. The van der Waals surface area contributed by atoms with Crippen molar-refractivity contribution >= 4 is 93.1 Å². The van der Waals surface area contributed by atoms with Crippen LogP contribution in [0.4, 0.5) is 17.1 Å². The van der Waals surface area contributed by atoms with Crippen LogP contribution in [-0.2, 0) is 0 Å². The van der Waals surface area contributed by atoms with Crippen molar-refractivity contribution in [3.63, 3.8) is 0 Å². The molecule has 0 fully saturated rings. The van der Waals surface area contributed by atoms with E-state index in [4.69, 9.17) is 4.42 Å². The first-order chi connectivity index (χ1) is 25.3. The molecule has 0 spiro atoms. The highest BCUT2D eigenvalue weighted by molar-refractivity contribution is 6.20.